The smallest absolute Gasteiger partial charge is 0.306 e. The van der Waals surface area contributed by atoms with Crippen molar-refractivity contribution in [2.24, 2.45) is 5.92 Å². The first-order valence-corrected chi connectivity index (χ1v) is 8.67. The molecule has 0 amide bonds. The van der Waals surface area contributed by atoms with Crippen molar-refractivity contribution in [2.75, 3.05) is 0 Å². The van der Waals surface area contributed by atoms with Crippen LogP contribution in [0.15, 0.2) is 33.6 Å². The first-order chi connectivity index (χ1) is 9.38. The van der Waals surface area contributed by atoms with Crippen LogP contribution in [0.4, 0.5) is 0 Å². The van der Waals surface area contributed by atoms with E-state index in [1.807, 2.05) is 0 Å². The van der Waals surface area contributed by atoms with E-state index in [-0.39, 0.29) is 16.9 Å². The van der Waals surface area contributed by atoms with Crippen molar-refractivity contribution in [1.82, 2.24) is 4.72 Å². The van der Waals surface area contributed by atoms with Gasteiger partial charge in [-0.05, 0) is 49.9 Å². The number of rotatable bonds is 4. The van der Waals surface area contributed by atoms with E-state index < -0.39 is 16.0 Å². The van der Waals surface area contributed by atoms with Crippen molar-refractivity contribution in [3.8, 4) is 0 Å². The monoisotopic (exact) mass is 361 g/mol. The van der Waals surface area contributed by atoms with E-state index in [1.54, 1.807) is 12.1 Å². The topological polar surface area (TPSA) is 83.5 Å². The Kier molecular flexibility index (Phi) is 4.82. The van der Waals surface area contributed by atoms with Gasteiger partial charge in [-0.1, -0.05) is 15.9 Å². The largest absolute Gasteiger partial charge is 0.481 e. The summed E-state index contributed by atoms with van der Waals surface area (Å²) in [5, 5.41) is 8.92. The molecule has 7 heteroatoms. The first-order valence-electron chi connectivity index (χ1n) is 6.39. The predicted molar refractivity (Wildman–Crippen MR) is 77.8 cm³/mol. The van der Waals surface area contributed by atoms with Gasteiger partial charge < -0.3 is 5.11 Å². The van der Waals surface area contributed by atoms with Gasteiger partial charge in [0, 0.05) is 10.5 Å². The van der Waals surface area contributed by atoms with Crippen molar-refractivity contribution in [2.45, 2.75) is 36.6 Å². The molecule has 0 spiro atoms. The summed E-state index contributed by atoms with van der Waals surface area (Å²) in [7, 11) is -3.53. The summed E-state index contributed by atoms with van der Waals surface area (Å²) in [6.45, 7) is 0. The van der Waals surface area contributed by atoms with Gasteiger partial charge in [-0.25, -0.2) is 13.1 Å². The summed E-state index contributed by atoms with van der Waals surface area (Å²) in [5.74, 6) is -1.14. The van der Waals surface area contributed by atoms with E-state index in [1.165, 1.54) is 12.1 Å². The summed E-state index contributed by atoms with van der Waals surface area (Å²) in [5.41, 5.74) is 0. The molecule has 0 unspecified atom stereocenters. The molecular weight excluding hydrogens is 346 g/mol. The number of aliphatic carboxylic acids is 1. The number of sulfonamides is 1. The van der Waals surface area contributed by atoms with Crippen LogP contribution >= 0.6 is 15.9 Å². The third kappa shape index (κ3) is 3.80. The number of hydrogen-bond acceptors (Lipinski definition) is 3. The molecule has 0 bridgehead atoms. The standard InChI is InChI=1S/C13H16BrNO4S/c14-10-3-7-12(8-4-10)20(18,19)15-11-5-1-9(2-6-11)13(16)17/h3-4,7-9,11,15H,1-2,5-6H2,(H,16,17). The third-order valence-corrected chi connectivity index (χ3v) is 5.59. The Hall–Kier alpha value is -0.920. The van der Waals surface area contributed by atoms with Crippen molar-refractivity contribution in [1.29, 1.82) is 0 Å². The molecule has 1 aromatic carbocycles. The van der Waals surface area contributed by atoms with Crippen LogP contribution in [0, 0.1) is 5.92 Å². The van der Waals surface area contributed by atoms with Crippen molar-refractivity contribution in [3.63, 3.8) is 0 Å². The van der Waals surface area contributed by atoms with Crippen LogP contribution in [-0.2, 0) is 14.8 Å². The Morgan fingerprint density at radius 3 is 2.20 bits per heavy atom. The number of halogens is 1. The molecule has 0 atom stereocenters. The lowest BCUT2D eigenvalue weighted by molar-refractivity contribution is -0.142. The van der Waals surface area contributed by atoms with E-state index in [2.05, 4.69) is 20.7 Å². The highest BCUT2D eigenvalue weighted by Gasteiger charge is 2.28. The van der Waals surface area contributed by atoms with Crippen LogP contribution in [-0.4, -0.2) is 25.5 Å². The van der Waals surface area contributed by atoms with Gasteiger partial charge in [0.2, 0.25) is 10.0 Å². The maximum absolute atomic E-state index is 12.2. The van der Waals surface area contributed by atoms with Crippen LogP contribution in [0.3, 0.4) is 0 Å². The third-order valence-electron chi connectivity index (χ3n) is 3.52. The fourth-order valence-corrected chi connectivity index (χ4v) is 3.93. The fourth-order valence-electron chi connectivity index (χ4n) is 2.36. The van der Waals surface area contributed by atoms with E-state index in [4.69, 9.17) is 5.11 Å². The Morgan fingerprint density at radius 1 is 1.15 bits per heavy atom. The zero-order chi connectivity index (χ0) is 14.8. The van der Waals surface area contributed by atoms with Gasteiger partial charge in [0.1, 0.15) is 0 Å². The first kappa shape index (κ1) is 15.5. The van der Waals surface area contributed by atoms with Gasteiger partial charge in [-0.15, -0.1) is 0 Å². The molecule has 0 radical (unpaired) electrons. The van der Waals surface area contributed by atoms with Gasteiger partial charge in [-0.3, -0.25) is 4.79 Å². The minimum absolute atomic E-state index is 0.181. The van der Waals surface area contributed by atoms with Gasteiger partial charge in [0.05, 0.1) is 10.8 Å². The Labute approximate surface area is 126 Å². The number of carboxylic acids is 1. The number of nitrogens with one attached hydrogen (secondary N) is 1. The minimum Gasteiger partial charge on any atom is -0.481 e. The lowest BCUT2D eigenvalue weighted by Crippen LogP contribution is -2.38. The molecule has 1 aliphatic rings. The summed E-state index contributed by atoms with van der Waals surface area (Å²) in [6.07, 6.45) is 2.16. The van der Waals surface area contributed by atoms with Crippen molar-refractivity contribution >= 4 is 31.9 Å². The maximum Gasteiger partial charge on any atom is 0.306 e. The molecule has 2 N–H and O–H groups in total. The SMILES string of the molecule is O=C(O)C1CCC(NS(=O)(=O)c2ccc(Br)cc2)CC1. The Balaban J connectivity index is 2.00. The zero-order valence-corrected chi connectivity index (χ0v) is 13.2. The second-order valence-corrected chi connectivity index (χ2v) is 7.59. The van der Waals surface area contributed by atoms with E-state index >= 15 is 0 Å². The molecule has 0 heterocycles. The second-order valence-electron chi connectivity index (χ2n) is 4.96. The van der Waals surface area contributed by atoms with Crippen LogP contribution in [0.25, 0.3) is 0 Å². The molecule has 0 aliphatic heterocycles. The zero-order valence-electron chi connectivity index (χ0n) is 10.8. The number of carboxylic acid groups (broad SMARTS) is 1. The van der Waals surface area contributed by atoms with E-state index in [0.29, 0.717) is 25.7 Å². The molecule has 20 heavy (non-hydrogen) atoms. The van der Waals surface area contributed by atoms with Crippen LogP contribution in [0.2, 0.25) is 0 Å². The number of hydrogen-bond donors (Lipinski definition) is 2. The fraction of sp³-hybridized carbons (Fsp3) is 0.462. The molecular formula is C13H16BrNO4S. The summed E-state index contributed by atoms with van der Waals surface area (Å²) in [6, 6.07) is 6.25. The molecule has 1 aliphatic carbocycles. The molecule has 1 aromatic rings. The normalized spacial score (nSPS) is 23.4. The average molecular weight is 362 g/mol. The number of carbonyl (C=O) groups is 1. The number of benzene rings is 1. The summed E-state index contributed by atoms with van der Waals surface area (Å²) >= 11 is 3.26. The highest BCUT2D eigenvalue weighted by atomic mass is 79.9. The van der Waals surface area contributed by atoms with E-state index in [9.17, 15) is 13.2 Å². The second kappa shape index (κ2) is 6.24. The quantitative estimate of drug-likeness (QED) is 0.862. The molecule has 2 rings (SSSR count). The molecule has 110 valence electrons. The highest BCUT2D eigenvalue weighted by molar-refractivity contribution is 9.10. The lowest BCUT2D eigenvalue weighted by atomic mass is 9.87. The molecule has 1 saturated carbocycles. The molecule has 0 saturated heterocycles. The predicted octanol–water partition coefficient (Wildman–Crippen LogP) is 2.37. The van der Waals surface area contributed by atoms with Crippen molar-refractivity contribution < 1.29 is 18.3 Å². The highest BCUT2D eigenvalue weighted by Crippen LogP contribution is 2.25. The van der Waals surface area contributed by atoms with E-state index in [0.717, 1.165) is 4.47 Å². The van der Waals surface area contributed by atoms with Gasteiger partial charge in [0.15, 0.2) is 0 Å². The van der Waals surface area contributed by atoms with Gasteiger partial charge in [0.25, 0.3) is 0 Å². The lowest BCUT2D eigenvalue weighted by Gasteiger charge is -2.26. The maximum atomic E-state index is 12.2. The molecule has 0 aromatic heterocycles. The summed E-state index contributed by atoms with van der Waals surface area (Å²) < 4.78 is 27.8. The van der Waals surface area contributed by atoms with Crippen LogP contribution < -0.4 is 4.72 Å². The summed E-state index contributed by atoms with van der Waals surface area (Å²) in [4.78, 5) is 11.1. The van der Waals surface area contributed by atoms with Gasteiger partial charge >= 0.3 is 5.97 Å². The Bertz CT molecular complexity index is 577. The molecule has 1 fully saturated rings. The van der Waals surface area contributed by atoms with Crippen molar-refractivity contribution in [3.05, 3.63) is 28.7 Å². The van der Waals surface area contributed by atoms with Crippen LogP contribution in [0.5, 0.6) is 0 Å². The molecule has 5 nitrogen and oxygen atoms in total. The minimum atomic E-state index is -3.53. The van der Waals surface area contributed by atoms with Gasteiger partial charge in [-0.2, -0.15) is 0 Å². The average Bonchev–Trinajstić information content (AvgIpc) is 2.39. The van der Waals surface area contributed by atoms with Crippen LogP contribution in [0.1, 0.15) is 25.7 Å². The Morgan fingerprint density at radius 2 is 1.70 bits per heavy atom.